The van der Waals surface area contributed by atoms with Crippen molar-refractivity contribution in [2.75, 3.05) is 7.11 Å². The zero-order valence-corrected chi connectivity index (χ0v) is 17.4. The number of ether oxygens (including phenoxy) is 2. The van der Waals surface area contributed by atoms with Crippen molar-refractivity contribution in [3.05, 3.63) is 77.6 Å². The minimum atomic E-state index is -0.335. The summed E-state index contributed by atoms with van der Waals surface area (Å²) in [5.74, 6) is 2.27. The highest BCUT2D eigenvalue weighted by atomic mass is 16.5. The molecular formula is C24H19N5O3. The van der Waals surface area contributed by atoms with E-state index >= 15 is 0 Å². The zero-order valence-electron chi connectivity index (χ0n) is 17.4. The summed E-state index contributed by atoms with van der Waals surface area (Å²) >= 11 is 0. The van der Waals surface area contributed by atoms with Crippen LogP contribution in [0.15, 0.2) is 66.5 Å². The van der Waals surface area contributed by atoms with Gasteiger partial charge in [-0.1, -0.05) is 12.1 Å². The van der Waals surface area contributed by atoms with E-state index in [9.17, 15) is 4.79 Å². The van der Waals surface area contributed by atoms with Crippen molar-refractivity contribution in [2.45, 2.75) is 25.2 Å². The normalized spacial score (nSPS) is 17.7. The van der Waals surface area contributed by atoms with E-state index in [0.717, 1.165) is 35.3 Å². The number of rotatable bonds is 3. The van der Waals surface area contributed by atoms with Gasteiger partial charge in [-0.25, -0.2) is 14.5 Å². The molecule has 32 heavy (non-hydrogen) atoms. The number of benzene rings is 1. The van der Waals surface area contributed by atoms with Crippen LogP contribution >= 0.6 is 0 Å². The number of hydrogen-bond acceptors (Lipinski definition) is 7. The fraction of sp³-hybridized carbons (Fsp3) is 0.208. The molecule has 1 aromatic carbocycles. The lowest BCUT2D eigenvalue weighted by Crippen LogP contribution is -2.26. The molecular weight excluding hydrogens is 406 g/mol. The van der Waals surface area contributed by atoms with Gasteiger partial charge in [-0.3, -0.25) is 9.78 Å². The summed E-state index contributed by atoms with van der Waals surface area (Å²) in [5.41, 5.74) is 3.87. The second-order valence-corrected chi connectivity index (χ2v) is 7.82. The molecule has 0 saturated carbocycles. The lowest BCUT2D eigenvalue weighted by atomic mass is 9.78. The third-order valence-corrected chi connectivity index (χ3v) is 5.98. The first kappa shape index (κ1) is 18.7. The molecule has 0 spiro atoms. The molecule has 8 nitrogen and oxygen atoms in total. The quantitative estimate of drug-likeness (QED) is 0.494. The van der Waals surface area contributed by atoms with E-state index in [1.807, 2.05) is 36.4 Å². The Morgan fingerprint density at radius 2 is 1.91 bits per heavy atom. The van der Waals surface area contributed by atoms with Crippen LogP contribution in [0.1, 0.15) is 36.3 Å². The Labute approximate surface area is 183 Å². The second-order valence-electron chi connectivity index (χ2n) is 7.82. The Hall–Kier alpha value is -4.07. The van der Waals surface area contributed by atoms with Gasteiger partial charge >= 0.3 is 0 Å². The molecule has 0 N–H and O–H groups in total. The van der Waals surface area contributed by atoms with Crippen LogP contribution in [0.2, 0.25) is 0 Å². The van der Waals surface area contributed by atoms with Crippen molar-refractivity contribution < 1.29 is 14.3 Å². The summed E-state index contributed by atoms with van der Waals surface area (Å²) in [5, 5.41) is 4.61. The maximum absolute atomic E-state index is 13.1. The third kappa shape index (κ3) is 2.87. The first-order chi connectivity index (χ1) is 15.7. The number of carbonyl (C=O) groups excluding carboxylic acids is 1. The van der Waals surface area contributed by atoms with Crippen molar-refractivity contribution in [3.63, 3.8) is 0 Å². The van der Waals surface area contributed by atoms with E-state index in [1.165, 1.54) is 0 Å². The summed E-state index contributed by atoms with van der Waals surface area (Å²) in [6, 6.07) is 11.5. The Morgan fingerprint density at radius 1 is 1.09 bits per heavy atom. The average molecular weight is 425 g/mol. The minimum Gasteiger partial charge on any atom is -0.497 e. The maximum Gasteiger partial charge on any atom is 0.228 e. The molecule has 4 aromatic rings. The van der Waals surface area contributed by atoms with Crippen molar-refractivity contribution >= 4 is 11.4 Å². The molecule has 3 aromatic heterocycles. The number of ketones is 1. The van der Waals surface area contributed by atoms with Crippen LogP contribution in [-0.4, -0.2) is 37.5 Å². The summed E-state index contributed by atoms with van der Waals surface area (Å²) < 4.78 is 13.1. The summed E-state index contributed by atoms with van der Waals surface area (Å²) in [7, 11) is 1.63. The number of carbonyl (C=O) groups is 1. The Morgan fingerprint density at radius 3 is 2.69 bits per heavy atom. The van der Waals surface area contributed by atoms with Gasteiger partial charge < -0.3 is 9.47 Å². The topological polar surface area (TPSA) is 91.5 Å². The van der Waals surface area contributed by atoms with Crippen LogP contribution in [-0.2, 0) is 4.79 Å². The molecule has 0 amide bonds. The third-order valence-electron chi connectivity index (χ3n) is 5.98. The van der Waals surface area contributed by atoms with Gasteiger partial charge in [-0.2, -0.15) is 0 Å². The first-order valence-corrected chi connectivity index (χ1v) is 10.5. The van der Waals surface area contributed by atoms with Crippen LogP contribution < -0.4 is 9.47 Å². The molecule has 8 heteroatoms. The fourth-order valence-electron chi connectivity index (χ4n) is 4.47. The van der Waals surface area contributed by atoms with E-state index < -0.39 is 0 Å². The Bertz CT molecular complexity index is 1380. The molecule has 0 fully saturated rings. The van der Waals surface area contributed by atoms with E-state index in [2.05, 4.69) is 15.1 Å². The number of nitrogens with zero attached hydrogens (tertiary/aromatic N) is 5. The highest BCUT2D eigenvalue weighted by molar-refractivity contribution is 6.00. The number of pyridine rings is 1. The number of aromatic nitrogens is 5. The average Bonchev–Trinajstić information content (AvgIpc) is 3.28. The standard InChI is InChI=1S/C24H19N5O3/c1-31-16-7-5-14(6-8-16)19-20-17(30)3-2-4-18(20)32-24-21(19)23-27-22(28-29(23)13-26-24)15-9-11-25-12-10-15/h5-13,19H,2-4H2,1H3/t19-/m1/s1. The van der Waals surface area contributed by atoms with Crippen LogP contribution in [0.25, 0.3) is 17.0 Å². The zero-order chi connectivity index (χ0) is 21.7. The van der Waals surface area contributed by atoms with E-state index in [1.54, 1.807) is 30.3 Å². The summed E-state index contributed by atoms with van der Waals surface area (Å²) in [6.07, 6.45) is 7.02. The first-order valence-electron chi connectivity index (χ1n) is 10.5. The highest BCUT2D eigenvalue weighted by Gasteiger charge is 2.39. The van der Waals surface area contributed by atoms with Gasteiger partial charge in [0, 0.05) is 42.3 Å². The number of Topliss-reactive ketones (excluding diaryl/α,β-unsaturated/α-hetero) is 1. The van der Waals surface area contributed by atoms with Crippen molar-refractivity contribution in [1.29, 1.82) is 0 Å². The molecule has 0 bridgehead atoms. The molecule has 158 valence electrons. The number of fused-ring (bicyclic) bond motifs is 3. The Balaban J connectivity index is 1.59. The van der Waals surface area contributed by atoms with Crippen molar-refractivity contribution in [2.24, 2.45) is 0 Å². The van der Waals surface area contributed by atoms with Crippen LogP contribution in [0.5, 0.6) is 11.6 Å². The number of allylic oxidation sites excluding steroid dienone is 2. The van der Waals surface area contributed by atoms with E-state index in [4.69, 9.17) is 14.5 Å². The van der Waals surface area contributed by atoms with E-state index in [-0.39, 0.29) is 11.7 Å². The monoisotopic (exact) mass is 425 g/mol. The van der Waals surface area contributed by atoms with Gasteiger partial charge in [-0.05, 0) is 36.2 Å². The molecule has 1 aliphatic heterocycles. The SMILES string of the molecule is COc1ccc([C@@H]2C3=C(CCCC3=O)Oc3ncn4nc(-c5ccncc5)nc4c32)cc1. The molecule has 0 unspecified atom stereocenters. The number of hydrogen-bond donors (Lipinski definition) is 0. The highest BCUT2D eigenvalue weighted by Crippen LogP contribution is 2.47. The largest absolute Gasteiger partial charge is 0.497 e. The van der Waals surface area contributed by atoms with Crippen LogP contribution in [0.3, 0.4) is 0 Å². The van der Waals surface area contributed by atoms with Crippen molar-refractivity contribution in [3.8, 4) is 23.0 Å². The second kappa shape index (κ2) is 7.26. The predicted octanol–water partition coefficient (Wildman–Crippen LogP) is 3.73. The van der Waals surface area contributed by atoms with Gasteiger partial charge in [0.05, 0.1) is 12.7 Å². The fourth-order valence-corrected chi connectivity index (χ4v) is 4.47. The van der Waals surface area contributed by atoms with E-state index in [0.29, 0.717) is 35.1 Å². The molecule has 4 heterocycles. The van der Waals surface area contributed by atoms with Crippen LogP contribution in [0.4, 0.5) is 0 Å². The molecule has 0 saturated heterocycles. The lowest BCUT2D eigenvalue weighted by Gasteiger charge is -2.32. The predicted molar refractivity (Wildman–Crippen MR) is 115 cm³/mol. The van der Waals surface area contributed by atoms with Gasteiger partial charge in [0.1, 0.15) is 17.8 Å². The van der Waals surface area contributed by atoms with Gasteiger partial charge in [0.15, 0.2) is 17.3 Å². The molecule has 0 radical (unpaired) electrons. The van der Waals surface area contributed by atoms with Gasteiger partial charge in [0.25, 0.3) is 0 Å². The molecule has 2 aliphatic rings. The Kier molecular flexibility index (Phi) is 4.24. The molecule has 1 aliphatic carbocycles. The van der Waals surface area contributed by atoms with Crippen LogP contribution in [0, 0.1) is 0 Å². The lowest BCUT2D eigenvalue weighted by molar-refractivity contribution is -0.116. The number of methoxy groups -OCH3 is 1. The van der Waals surface area contributed by atoms with Gasteiger partial charge in [-0.15, -0.1) is 5.10 Å². The molecule has 6 rings (SSSR count). The molecule has 1 atom stereocenters. The van der Waals surface area contributed by atoms with Crippen molar-refractivity contribution in [1.82, 2.24) is 24.6 Å². The summed E-state index contributed by atoms with van der Waals surface area (Å²) in [6.45, 7) is 0. The smallest absolute Gasteiger partial charge is 0.228 e. The van der Waals surface area contributed by atoms with Gasteiger partial charge in [0.2, 0.25) is 5.88 Å². The minimum absolute atomic E-state index is 0.105. The summed E-state index contributed by atoms with van der Waals surface area (Å²) in [4.78, 5) is 26.5. The maximum atomic E-state index is 13.1.